The molecule has 0 radical (unpaired) electrons. The van der Waals surface area contributed by atoms with Gasteiger partial charge in [0, 0.05) is 35.9 Å². The quantitative estimate of drug-likeness (QED) is 0.708. The van der Waals surface area contributed by atoms with Gasteiger partial charge in [0.2, 0.25) is 5.91 Å². The second kappa shape index (κ2) is 7.31. The molecule has 1 aromatic heterocycles. The molecule has 0 unspecified atom stereocenters. The molecule has 4 rings (SSSR count). The zero-order valence-corrected chi connectivity index (χ0v) is 15.9. The fourth-order valence-corrected chi connectivity index (χ4v) is 3.68. The Kier molecular flexibility index (Phi) is 4.69. The van der Waals surface area contributed by atoms with Crippen molar-refractivity contribution in [3.63, 3.8) is 0 Å². The van der Waals surface area contributed by atoms with E-state index in [1.807, 2.05) is 61.0 Å². The van der Waals surface area contributed by atoms with E-state index in [4.69, 9.17) is 0 Å². The van der Waals surface area contributed by atoms with Crippen LogP contribution in [0.1, 0.15) is 22.8 Å². The van der Waals surface area contributed by atoms with Crippen LogP contribution in [0.5, 0.6) is 0 Å². The molecule has 1 fully saturated rings. The van der Waals surface area contributed by atoms with Crippen LogP contribution in [0.4, 0.5) is 5.69 Å². The summed E-state index contributed by atoms with van der Waals surface area (Å²) in [6.07, 6.45) is 5.27. The topological polar surface area (TPSA) is 58.4 Å². The van der Waals surface area contributed by atoms with Crippen molar-refractivity contribution in [1.82, 2.24) is 14.5 Å². The van der Waals surface area contributed by atoms with Gasteiger partial charge in [-0.2, -0.15) is 0 Å². The maximum absolute atomic E-state index is 12.9. The first kappa shape index (κ1) is 18.0. The largest absolute Gasteiger partial charge is 0.327 e. The zero-order chi connectivity index (χ0) is 19.7. The van der Waals surface area contributed by atoms with Gasteiger partial charge in [0.25, 0.3) is 5.91 Å². The third-order valence-corrected chi connectivity index (χ3v) is 5.10. The van der Waals surface area contributed by atoms with Crippen LogP contribution in [-0.4, -0.2) is 45.4 Å². The average molecular weight is 374 g/mol. The van der Waals surface area contributed by atoms with Gasteiger partial charge in [0.1, 0.15) is 6.54 Å². The number of carbonyl (C=O) groups excluding carboxylic acids is 2. The number of piperazine rings is 1. The van der Waals surface area contributed by atoms with Crippen LogP contribution < -0.4 is 4.90 Å². The van der Waals surface area contributed by atoms with Crippen LogP contribution in [0.2, 0.25) is 0 Å². The number of aryl methyl sites for hydroxylation is 1. The molecule has 28 heavy (non-hydrogen) atoms. The minimum Gasteiger partial charge on any atom is -0.327 e. The van der Waals surface area contributed by atoms with Crippen molar-refractivity contribution in [3.8, 4) is 5.69 Å². The monoisotopic (exact) mass is 374 g/mol. The molecular formula is C22H22N4O2. The molecule has 2 aromatic carbocycles. The SMILES string of the molecule is Cc1ccccc1N1C(=O)CN(C(=O)c2ccc(-n3ccnc3)cc2)C[C@H]1C. The Hall–Kier alpha value is -3.41. The van der Waals surface area contributed by atoms with Gasteiger partial charge in [-0.3, -0.25) is 9.59 Å². The van der Waals surface area contributed by atoms with Crippen molar-refractivity contribution in [3.05, 3.63) is 78.4 Å². The summed E-state index contributed by atoms with van der Waals surface area (Å²) in [6, 6.07) is 15.1. The summed E-state index contributed by atoms with van der Waals surface area (Å²) in [7, 11) is 0. The summed E-state index contributed by atoms with van der Waals surface area (Å²) < 4.78 is 1.88. The fourth-order valence-electron chi connectivity index (χ4n) is 3.68. The molecule has 0 spiro atoms. The Balaban J connectivity index is 1.51. The Morgan fingerprint density at radius 1 is 1.11 bits per heavy atom. The summed E-state index contributed by atoms with van der Waals surface area (Å²) in [4.78, 5) is 33.2. The lowest BCUT2D eigenvalue weighted by molar-refractivity contribution is -0.121. The number of amides is 2. The van der Waals surface area contributed by atoms with Crippen LogP contribution in [0.15, 0.2) is 67.3 Å². The van der Waals surface area contributed by atoms with Crippen molar-refractivity contribution in [2.24, 2.45) is 0 Å². The van der Waals surface area contributed by atoms with Crippen LogP contribution in [0.3, 0.4) is 0 Å². The summed E-state index contributed by atoms with van der Waals surface area (Å²) in [5.41, 5.74) is 3.48. The summed E-state index contributed by atoms with van der Waals surface area (Å²) in [5, 5.41) is 0. The maximum Gasteiger partial charge on any atom is 0.254 e. The van der Waals surface area contributed by atoms with Crippen LogP contribution in [-0.2, 0) is 4.79 Å². The van der Waals surface area contributed by atoms with E-state index in [9.17, 15) is 9.59 Å². The first-order chi connectivity index (χ1) is 13.5. The van der Waals surface area contributed by atoms with Gasteiger partial charge in [-0.05, 0) is 49.7 Å². The van der Waals surface area contributed by atoms with Crippen molar-refractivity contribution in [2.45, 2.75) is 19.9 Å². The van der Waals surface area contributed by atoms with E-state index in [0.29, 0.717) is 12.1 Å². The van der Waals surface area contributed by atoms with E-state index in [1.54, 1.807) is 34.5 Å². The third-order valence-electron chi connectivity index (χ3n) is 5.10. The molecule has 142 valence electrons. The van der Waals surface area contributed by atoms with Crippen LogP contribution in [0, 0.1) is 6.92 Å². The smallest absolute Gasteiger partial charge is 0.254 e. The highest BCUT2D eigenvalue weighted by Crippen LogP contribution is 2.25. The first-order valence-electron chi connectivity index (χ1n) is 9.30. The molecule has 1 aliphatic rings. The van der Waals surface area contributed by atoms with Crippen molar-refractivity contribution in [1.29, 1.82) is 0 Å². The molecule has 3 aromatic rings. The molecule has 2 amide bonds. The minimum absolute atomic E-state index is 0.0589. The van der Waals surface area contributed by atoms with Gasteiger partial charge in [0.15, 0.2) is 0 Å². The van der Waals surface area contributed by atoms with Gasteiger partial charge >= 0.3 is 0 Å². The summed E-state index contributed by atoms with van der Waals surface area (Å²) in [5.74, 6) is -0.182. The van der Waals surface area contributed by atoms with Crippen molar-refractivity contribution in [2.75, 3.05) is 18.0 Å². The molecule has 1 aliphatic heterocycles. The lowest BCUT2D eigenvalue weighted by atomic mass is 10.1. The second-order valence-electron chi connectivity index (χ2n) is 7.10. The molecule has 6 nitrogen and oxygen atoms in total. The number of hydrogen-bond donors (Lipinski definition) is 0. The highest BCUT2D eigenvalue weighted by atomic mass is 16.2. The van der Waals surface area contributed by atoms with E-state index >= 15 is 0 Å². The normalized spacial score (nSPS) is 17.1. The lowest BCUT2D eigenvalue weighted by Gasteiger charge is -2.40. The van der Waals surface area contributed by atoms with E-state index in [-0.39, 0.29) is 24.4 Å². The maximum atomic E-state index is 12.9. The van der Waals surface area contributed by atoms with E-state index < -0.39 is 0 Å². The number of anilines is 1. The Labute approximate surface area is 164 Å². The average Bonchev–Trinajstić information content (AvgIpc) is 3.23. The molecule has 0 aliphatic carbocycles. The van der Waals surface area contributed by atoms with Gasteiger partial charge in [-0.25, -0.2) is 4.98 Å². The highest BCUT2D eigenvalue weighted by Gasteiger charge is 2.34. The van der Waals surface area contributed by atoms with E-state index in [0.717, 1.165) is 16.9 Å². The summed E-state index contributed by atoms with van der Waals surface area (Å²) >= 11 is 0. The standard InChI is InChI=1S/C22H22N4O2/c1-16-5-3-4-6-20(16)26-17(2)13-25(14-21(26)27)22(28)18-7-9-19(10-8-18)24-12-11-23-15-24/h3-12,15,17H,13-14H2,1-2H3/t17-/m1/s1. The molecule has 0 saturated carbocycles. The molecular weight excluding hydrogens is 352 g/mol. The van der Waals surface area contributed by atoms with Crippen LogP contribution >= 0.6 is 0 Å². The number of para-hydroxylation sites is 1. The number of rotatable bonds is 3. The predicted molar refractivity (Wildman–Crippen MR) is 108 cm³/mol. The highest BCUT2D eigenvalue weighted by molar-refractivity contribution is 6.02. The van der Waals surface area contributed by atoms with Gasteiger partial charge in [0.05, 0.1) is 12.4 Å². The number of imidazole rings is 1. The molecule has 6 heteroatoms. The molecule has 2 heterocycles. The molecule has 0 bridgehead atoms. The third kappa shape index (κ3) is 3.29. The van der Waals surface area contributed by atoms with Gasteiger partial charge in [-0.1, -0.05) is 18.2 Å². The minimum atomic E-state index is -0.123. The number of benzene rings is 2. The molecule has 1 saturated heterocycles. The van der Waals surface area contributed by atoms with Gasteiger partial charge < -0.3 is 14.4 Å². The number of hydrogen-bond acceptors (Lipinski definition) is 3. The number of aromatic nitrogens is 2. The lowest BCUT2D eigenvalue weighted by Crippen LogP contribution is -2.57. The van der Waals surface area contributed by atoms with E-state index in [2.05, 4.69) is 4.98 Å². The van der Waals surface area contributed by atoms with Crippen molar-refractivity contribution < 1.29 is 9.59 Å². The number of carbonyl (C=O) groups is 2. The van der Waals surface area contributed by atoms with E-state index in [1.165, 1.54) is 0 Å². The van der Waals surface area contributed by atoms with Crippen molar-refractivity contribution >= 4 is 17.5 Å². The summed E-state index contributed by atoms with van der Waals surface area (Å²) in [6.45, 7) is 4.56. The second-order valence-corrected chi connectivity index (χ2v) is 7.10. The first-order valence-corrected chi connectivity index (χ1v) is 9.30. The number of nitrogens with zero attached hydrogens (tertiary/aromatic N) is 4. The van der Waals surface area contributed by atoms with Gasteiger partial charge in [-0.15, -0.1) is 0 Å². The van der Waals surface area contributed by atoms with Crippen LogP contribution in [0.25, 0.3) is 5.69 Å². The Morgan fingerprint density at radius 3 is 2.50 bits per heavy atom. The Morgan fingerprint density at radius 2 is 1.86 bits per heavy atom. The Bertz CT molecular complexity index is 996. The molecule has 1 atom stereocenters. The zero-order valence-electron chi connectivity index (χ0n) is 15.9. The fraction of sp³-hybridized carbons (Fsp3) is 0.227. The predicted octanol–water partition coefficient (Wildman–Crippen LogP) is 3.06. The molecule has 0 N–H and O–H groups in total.